The quantitative estimate of drug-likeness (QED) is 0.651. The minimum absolute atomic E-state index is 0.244. The average Bonchev–Trinajstić information content (AvgIpc) is 3.31. The molecule has 142 valence electrons. The van der Waals surface area contributed by atoms with E-state index in [9.17, 15) is 4.39 Å². The molecule has 28 heavy (non-hydrogen) atoms. The molecule has 9 heteroatoms. The summed E-state index contributed by atoms with van der Waals surface area (Å²) in [5.41, 5.74) is 1.23. The molecule has 0 amide bonds. The van der Waals surface area contributed by atoms with Crippen LogP contribution in [0.25, 0.3) is 22.2 Å². The molecule has 2 N–H and O–H groups in total. The molecule has 0 spiro atoms. The molecule has 1 saturated heterocycles. The number of amidine groups is 1. The van der Waals surface area contributed by atoms with Crippen LogP contribution in [-0.4, -0.2) is 26.5 Å². The van der Waals surface area contributed by atoms with E-state index in [2.05, 4.69) is 21.6 Å². The van der Waals surface area contributed by atoms with E-state index in [0.717, 1.165) is 0 Å². The fourth-order valence-electron chi connectivity index (χ4n) is 2.75. The number of rotatable bonds is 3. The Morgan fingerprint density at radius 2 is 2.00 bits per heavy atom. The van der Waals surface area contributed by atoms with Crippen LogP contribution in [0.5, 0.6) is 0 Å². The van der Waals surface area contributed by atoms with Gasteiger partial charge in [0.1, 0.15) is 11.7 Å². The number of hydrogen-bond donors (Lipinski definition) is 2. The second-order valence-electron chi connectivity index (χ2n) is 6.82. The summed E-state index contributed by atoms with van der Waals surface area (Å²) < 4.78 is 20.0. The molecule has 1 aliphatic heterocycles. The summed E-state index contributed by atoms with van der Waals surface area (Å²) in [7, 11) is 0. The molecule has 6 nitrogen and oxygen atoms in total. The number of thiophene rings is 1. The minimum Gasteiger partial charge on any atom is -0.415 e. The predicted octanol–water partition coefficient (Wildman–Crippen LogP) is 4.61. The number of thioether (sulfide) groups is 1. The Morgan fingerprint density at radius 3 is 2.68 bits per heavy atom. The van der Waals surface area contributed by atoms with Gasteiger partial charge >= 0.3 is 0 Å². The van der Waals surface area contributed by atoms with Crippen molar-refractivity contribution in [2.24, 2.45) is 0 Å². The monoisotopic (exact) mass is 413 g/mol. The van der Waals surface area contributed by atoms with Gasteiger partial charge in [0, 0.05) is 11.3 Å². The summed E-state index contributed by atoms with van der Waals surface area (Å²) in [6.07, 6.45) is 0. The predicted molar refractivity (Wildman–Crippen MR) is 108 cm³/mol. The van der Waals surface area contributed by atoms with Crippen molar-refractivity contribution in [3.05, 3.63) is 46.6 Å². The van der Waals surface area contributed by atoms with Gasteiger partial charge in [0.15, 0.2) is 0 Å². The van der Waals surface area contributed by atoms with E-state index < -0.39 is 0 Å². The first-order valence-electron chi connectivity index (χ1n) is 8.50. The van der Waals surface area contributed by atoms with E-state index in [4.69, 9.17) is 15.1 Å². The highest BCUT2D eigenvalue weighted by molar-refractivity contribution is 8.01. The molecule has 0 aliphatic carbocycles. The molecule has 1 atom stereocenters. The highest BCUT2D eigenvalue weighted by Crippen LogP contribution is 2.40. The highest BCUT2D eigenvalue weighted by atomic mass is 32.2. The number of nitrogens with one attached hydrogen (secondary N) is 2. The molecule has 4 rings (SSSR count). The third-order valence-electron chi connectivity index (χ3n) is 4.46. The van der Waals surface area contributed by atoms with Gasteiger partial charge in [0.2, 0.25) is 5.89 Å². The van der Waals surface area contributed by atoms with Crippen molar-refractivity contribution < 1.29 is 8.81 Å². The van der Waals surface area contributed by atoms with Gasteiger partial charge in [0.05, 0.1) is 32.2 Å². The molecule has 3 heterocycles. The van der Waals surface area contributed by atoms with Gasteiger partial charge in [-0.1, -0.05) is 0 Å². The number of halogens is 1. The lowest BCUT2D eigenvalue weighted by Crippen LogP contribution is -2.46. The standard InChI is InChI=1S/C19H16FN5OS2/c1-19(2)18(22)23-13(9-27-19)15-12(20)7-14(28-15)17-25-24-16(26-17)11-5-3-10(8-21)4-6-11/h3-7,13H,9H2,1-2H3,(H2,22,23). The average molecular weight is 414 g/mol. The lowest BCUT2D eigenvalue weighted by Gasteiger charge is -2.35. The summed E-state index contributed by atoms with van der Waals surface area (Å²) in [5, 5.41) is 28.2. The van der Waals surface area contributed by atoms with E-state index >= 15 is 0 Å². The Bertz CT molecular complexity index is 1080. The van der Waals surface area contributed by atoms with Crippen molar-refractivity contribution in [1.29, 1.82) is 10.7 Å². The van der Waals surface area contributed by atoms with Crippen LogP contribution in [-0.2, 0) is 0 Å². The Morgan fingerprint density at radius 1 is 1.29 bits per heavy atom. The van der Waals surface area contributed by atoms with Gasteiger partial charge in [-0.25, -0.2) is 4.39 Å². The fraction of sp³-hybridized carbons (Fsp3) is 0.263. The molecule has 1 aromatic carbocycles. The number of nitriles is 1. The van der Waals surface area contributed by atoms with Crippen molar-refractivity contribution in [3.8, 4) is 28.3 Å². The molecular formula is C19H16FN5OS2. The zero-order chi connectivity index (χ0) is 19.9. The van der Waals surface area contributed by atoms with Crippen molar-refractivity contribution >= 4 is 28.9 Å². The lowest BCUT2D eigenvalue weighted by atomic mass is 10.1. The first kappa shape index (κ1) is 18.7. The third-order valence-corrected chi connectivity index (χ3v) is 7.10. The zero-order valence-electron chi connectivity index (χ0n) is 15.1. The van der Waals surface area contributed by atoms with Gasteiger partial charge < -0.3 is 9.73 Å². The topological polar surface area (TPSA) is 98.6 Å². The second-order valence-corrected chi connectivity index (χ2v) is 9.54. The van der Waals surface area contributed by atoms with Crippen molar-refractivity contribution in [2.75, 3.05) is 5.75 Å². The summed E-state index contributed by atoms with van der Waals surface area (Å²) in [5.74, 6) is 1.28. The lowest BCUT2D eigenvalue weighted by molar-refractivity contribution is 0.579. The highest BCUT2D eigenvalue weighted by Gasteiger charge is 2.35. The van der Waals surface area contributed by atoms with Crippen LogP contribution in [0.4, 0.5) is 4.39 Å². The van der Waals surface area contributed by atoms with Crippen LogP contribution < -0.4 is 5.32 Å². The molecule has 1 fully saturated rings. The van der Waals surface area contributed by atoms with E-state index in [1.54, 1.807) is 36.0 Å². The molecule has 1 unspecified atom stereocenters. The normalized spacial score (nSPS) is 18.5. The van der Waals surface area contributed by atoms with Gasteiger partial charge in [-0.05, 0) is 44.2 Å². The summed E-state index contributed by atoms with van der Waals surface area (Å²) in [6, 6.07) is 9.99. The molecule has 3 aromatic rings. The smallest absolute Gasteiger partial charge is 0.258 e. The molecule has 0 bridgehead atoms. The number of aromatic nitrogens is 2. The van der Waals surface area contributed by atoms with Crippen LogP contribution in [0.15, 0.2) is 34.7 Å². The van der Waals surface area contributed by atoms with Gasteiger partial charge in [-0.3, -0.25) is 5.41 Å². The zero-order valence-corrected chi connectivity index (χ0v) is 16.7. The van der Waals surface area contributed by atoms with E-state index in [1.807, 2.05) is 13.8 Å². The third kappa shape index (κ3) is 3.41. The van der Waals surface area contributed by atoms with Gasteiger partial charge in [-0.15, -0.1) is 33.3 Å². The van der Waals surface area contributed by atoms with Crippen molar-refractivity contribution in [3.63, 3.8) is 0 Å². The maximum absolute atomic E-state index is 14.6. The maximum atomic E-state index is 14.6. The van der Waals surface area contributed by atoms with Gasteiger partial charge in [0.25, 0.3) is 5.89 Å². The summed E-state index contributed by atoms with van der Waals surface area (Å²) in [4.78, 5) is 1.07. The van der Waals surface area contributed by atoms with Crippen molar-refractivity contribution in [2.45, 2.75) is 24.6 Å². The van der Waals surface area contributed by atoms with Crippen molar-refractivity contribution in [1.82, 2.24) is 15.5 Å². The molecule has 0 radical (unpaired) electrons. The van der Waals surface area contributed by atoms with E-state index in [1.165, 1.54) is 17.4 Å². The van der Waals surface area contributed by atoms with Crippen LogP contribution in [0.3, 0.4) is 0 Å². The molecule has 2 aromatic heterocycles. The van der Waals surface area contributed by atoms with Crippen LogP contribution in [0.2, 0.25) is 0 Å². The van der Waals surface area contributed by atoms with Crippen LogP contribution in [0, 0.1) is 22.6 Å². The van der Waals surface area contributed by atoms with E-state index in [0.29, 0.717) is 38.4 Å². The largest absolute Gasteiger partial charge is 0.415 e. The fourth-order valence-corrected chi connectivity index (χ4v) is 4.90. The molecule has 0 saturated carbocycles. The van der Waals surface area contributed by atoms with Crippen LogP contribution in [0.1, 0.15) is 30.3 Å². The van der Waals surface area contributed by atoms with E-state index in [-0.39, 0.29) is 22.5 Å². The summed E-state index contributed by atoms with van der Waals surface area (Å²) >= 11 is 2.88. The summed E-state index contributed by atoms with van der Waals surface area (Å²) in [6.45, 7) is 3.95. The minimum atomic E-state index is -0.344. The Kier molecular flexibility index (Phi) is 4.69. The second kappa shape index (κ2) is 7.04. The molecule has 1 aliphatic rings. The molecular weight excluding hydrogens is 397 g/mol. The van der Waals surface area contributed by atoms with Gasteiger partial charge in [-0.2, -0.15) is 5.26 Å². The Hall–Kier alpha value is -2.70. The number of hydrogen-bond acceptors (Lipinski definition) is 7. The number of nitrogens with zero attached hydrogens (tertiary/aromatic N) is 3. The maximum Gasteiger partial charge on any atom is 0.258 e. The Labute approximate surface area is 169 Å². The Balaban J connectivity index is 1.58. The SMILES string of the molecule is CC1(C)SCC(c2sc(-c3nnc(-c4ccc(C#N)cc4)o3)cc2F)NC1=N. The van der Waals surface area contributed by atoms with Crippen LogP contribution >= 0.6 is 23.1 Å². The first-order valence-corrected chi connectivity index (χ1v) is 10.3. The first-order chi connectivity index (χ1) is 13.4. The number of benzene rings is 1.